The topological polar surface area (TPSA) is 70.5 Å². The van der Waals surface area contributed by atoms with E-state index in [1.165, 1.54) is 4.90 Å². The number of Topliss-reactive ketones (excluding diaryl/α,β-unsaturated/α-hetero) is 1. The number of aromatic nitrogens is 1. The standard InChI is InChI=1S/C22H14BrClN2O3/c23-15-8-11-17(25-12-15)26-19(13-6-9-16(24)10-7-13)18(21(28)22(26)29)20(27)14-4-2-1-3-5-14/h1-12,19,27H/b20-18+. The van der Waals surface area contributed by atoms with Gasteiger partial charge in [0.1, 0.15) is 11.6 Å². The number of aliphatic hydroxyl groups excluding tert-OH is 1. The number of rotatable bonds is 3. The largest absolute Gasteiger partial charge is 0.507 e. The first kappa shape index (κ1) is 19.4. The molecule has 1 aromatic heterocycles. The second-order valence-electron chi connectivity index (χ2n) is 6.42. The van der Waals surface area contributed by atoms with E-state index in [0.29, 0.717) is 22.0 Å². The van der Waals surface area contributed by atoms with Crippen molar-refractivity contribution in [3.05, 3.63) is 99.1 Å². The van der Waals surface area contributed by atoms with Crippen LogP contribution < -0.4 is 4.90 Å². The number of nitrogens with zero attached hydrogens (tertiary/aromatic N) is 2. The average Bonchev–Trinajstić information content (AvgIpc) is 3.00. The maximum atomic E-state index is 12.9. The quantitative estimate of drug-likeness (QED) is 0.328. The summed E-state index contributed by atoms with van der Waals surface area (Å²) in [5.41, 5.74) is 1.09. The van der Waals surface area contributed by atoms with Crippen LogP contribution in [-0.2, 0) is 9.59 Å². The molecule has 144 valence electrons. The van der Waals surface area contributed by atoms with E-state index in [-0.39, 0.29) is 11.3 Å². The number of aliphatic hydroxyl groups is 1. The van der Waals surface area contributed by atoms with Gasteiger partial charge in [-0.15, -0.1) is 0 Å². The third kappa shape index (κ3) is 3.57. The molecule has 1 saturated heterocycles. The monoisotopic (exact) mass is 468 g/mol. The number of anilines is 1. The summed E-state index contributed by atoms with van der Waals surface area (Å²) in [4.78, 5) is 31.5. The molecule has 2 heterocycles. The van der Waals surface area contributed by atoms with Gasteiger partial charge in [-0.2, -0.15) is 0 Å². The van der Waals surface area contributed by atoms with Crippen molar-refractivity contribution in [3.63, 3.8) is 0 Å². The minimum Gasteiger partial charge on any atom is -0.507 e. The fourth-order valence-electron chi connectivity index (χ4n) is 3.29. The smallest absolute Gasteiger partial charge is 0.301 e. The second kappa shape index (κ2) is 7.81. The first-order valence-corrected chi connectivity index (χ1v) is 9.88. The molecule has 0 bridgehead atoms. The molecule has 7 heteroatoms. The molecular formula is C22H14BrClN2O3. The van der Waals surface area contributed by atoms with Crippen LogP contribution in [0.1, 0.15) is 17.2 Å². The van der Waals surface area contributed by atoms with Gasteiger partial charge in [0.15, 0.2) is 0 Å². The highest BCUT2D eigenvalue weighted by Gasteiger charge is 2.47. The molecule has 1 aliphatic heterocycles. The highest BCUT2D eigenvalue weighted by molar-refractivity contribution is 9.10. The fraction of sp³-hybridized carbons (Fsp3) is 0.0455. The number of pyridine rings is 1. The molecular weight excluding hydrogens is 456 g/mol. The first-order chi connectivity index (χ1) is 14.0. The molecule has 1 fully saturated rings. The van der Waals surface area contributed by atoms with Crippen molar-refractivity contribution in [2.45, 2.75) is 6.04 Å². The lowest BCUT2D eigenvalue weighted by atomic mass is 9.95. The molecule has 0 aliphatic carbocycles. The Morgan fingerprint density at radius 3 is 2.31 bits per heavy atom. The maximum absolute atomic E-state index is 12.9. The third-order valence-corrected chi connectivity index (χ3v) is 5.36. The fourth-order valence-corrected chi connectivity index (χ4v) is 3.65. The zero-order chi connectivity index (χ0) is 20.5. The van der Waals surface area contributed by atoms with Crippen LogP contribution in [0, 0.1) is 0 Å². The van der Waals surface area contributed by atoms with Crippen LogP contribution in [0.2, 0.25) is 5.02 Å². The highest BCUT2D eigenvalue weighted by Crippen LogP contribution is 2.41. The Balaban J connectivity index is 1.94. The predicted molar refractivity (Wildman–Crippen MR) is 115 cm³/mol. The molecule has 3 aromatic rings. The van der Waals surface area contributed by atoms with Gasteiger partial charge >= 0.3 is 5.91 Å². The van der Waals surface area contributed by atoms with Crippen molar-refractivity contribution in [1.29, 1.82) is 0 Å². The highest BCUT2D eigenvalue weighted by atomic mass is 79.9. The zero-order valence-corrected chi connectivity index (χ0v) is 17.3. The van der Waals surface area contributed by atoms with Gasteiger partial charge in [0.05, 0.1) is 11.6 Å². The van der Waals surface area contributed by atoms with Crippen molar-refractivity contribution in [3.8, 4) is 0 Å². The van der Waals surface area contributed by atoms with Gasteiger partial charge in [0.2, 0.25) is 0 Å². The number of benzene rings is 2. The van der Waals surface area contributed by atoms with Crippen LogP contribution in [0.5, 0.6) is 0 Å². The van der Waals surface area contributed by atoms with E-state index in [0.717, 1.165) is 4.47 Å². The van der Waals surface area contributed by atoms with Crippen LogP contribution >= 0.6 is 27.5 Å². The molecule has 5 nitrogen and oxygen atoms in total. The van der Waals surface area contributed by atoms with Crippen LogP contribution in [0.4, 0.5) is 5.82 Å². The molecule has 0 saturated carbocycles. The number of carbonyl (C=O) groups excluding carboxylic acids is 2. The predicted octanol–water partition coefficient (Wildman–Crippen LogP) is 5.12. The summed E-state index contributed by atoms with van der Waals surface area (Å²) in [5, 5.41) is 11.5. The van der Waals surface area contributed by atoms with Crippen molar-refractivity contribution in [2.75, 3.05) is 4.90 Å². The number of hydrogen-bond acceptors (Lipinski definition) is 4. The molecule has 1 N–H and O–H groups in total. The van der Waals surface area contributed by atoms with Crippen LogP contribution in [0.25, 0.3) is 5.76 Å². The Bertz CT molecular complexity index is 1110. The van der Waals surface area contributed by atoms with Gasteiger partial charge in [-0.25, -0.2) is 4.98 Å². The van der Waals surface area contributed by atoms with Gasteiger partial charge in [-0.3, -0.25) is 14.5 Å². The number of hydrogen-bond donors (Lipinski definition) is 1. The number of amides is 1. The van der Waals surface area contributed by atoms with E-state index < -0.39 is 17.7 Å². The lowest BCUT2D eigenvalue weighted by Crippen LogP contribution is -2.30. The molecule has 4 rings (SSSR count). The van der Waals surface area contributed by atoms with E-state index in [9.17, 15) is 14.7 Å². The third-order valence-electron chi connectivity index (χ3n) is 4.64. The molecule has 0 spiro atoms. The van der Waals surface area contributed by atoms with Gasteiger partial charge in [0, 0.05) is 21.3 Å². The molecule has 1 unspecified atom stereocenters. The molecule has 1 amide bonds. The van der Waals surface area contributed by atoms with E-state index in [1.54, 1.807) is 72.9 Å². The van der Waals surface area contributed by atoms with Crippen molar-refractivity contribution in [2.24, 2.45) is 0 Å². The van der Waals surface area contributed by atoms with E-state index >= 15 is 0 Å². The van der Waals surface area contributed by atoms with Crippen molar-refractivity contribution >= 4 is 50.8 Å². The second-order valence-corrected chi connectivity index (χ2v) is 7.77. The SMILES string of the molecule is O=C1C(=O)N(c2ccc(Br)cn2)C(c2ccc(Cl)cc2)/C1=C(\O)c1ccccc1. The van der Waals surface area contributed by atoms with E-state index in [1.807, 2.05) is 0 Å². The summed E-state index contributed by atoms with van der Waals surface area (Å²) < 4.78 is 0.741. The van der Waals surface area contributed by atoms with E-state index in [4.69, 9.17) is 11.6 Å². The van der Waals surface area contributed by atoms with Crippen LogP contribution in [0.15, 0.2) is 83.0 Å². The number of ketones is 1. The van der Waals surface area contributed by atoms with Gasteiger partial charge in [0.25, 0.3) is 5.78 Å². The number of carbonyl (C=O) groups is 2. The minimum absolute atomic E-state index is 0.00763. The normalized spacial score (nSPS) is 18.3. The lowest BCUT2D eigenvalue weighted by molar-refractivity contribution is -0.132. The first-order valence-electron chi connectivity index (χ1n) is 8.71. The van der Waals surface area contributed by atoms with Crippen molar-refractivity contribution in [1.82, 2.24) is 4.98 Å². The van der Waals surface area contributed by atoms with Crippen LogP contribution in [0.3, 0.4) is 0 Å². The zero-order valence-electron chi connectivity index (χ0n) is 14.9. The van der Waals surface area contributed by atoms with Gasteiger partial charge in [-0.1, -0.05) is 54.1 Å². The summed E-state index contributed by atoms with van der Waals surface area (Å²) >= 11 is 9.33. The van der Waals surface area contributed by atoms with Crippen molar-refractivity contribution < 1.29 is 14.7 Å². The lowest BCUT2D eigenvalue weighted by Gasteiger charge is -2.24. The molecule has 29 heavy (non-hydrogen) atoms. The molecule has 0 radical (unpaired) electrons. The molecule has 2 aromatic carbocycles. The Morgan fingerprint density at radius 2 is 1.69 bits per heavy atom. The molecule has 1 aliphatic rings. The number of halogens is 2. The maximum Gasteiger partial charge on any atom is 0.301 e. The van der Waals surface area contributed by atoms with Crippen LogP contribution in [-0.4, -0.2) is 21.8 Å². The summed E-state index contributed by atoms with van der Waals surface area (Å²) in [5.74, 6) is -1.45. The van der Waals surface area contributed by atoms with Gasteiger partial charge < -0.3 is 5.11 Å². The van der Waals surface area contributed by atoms with E-state index in [2.05, 4.69) is 20.9 Å². The summed E-state index contributed by atoms with van der Waals surface area (Å²) in [6, 6.07) is 18.0. The summed E-state index contributed by atoms with van der Waals surface area (Å²) in [6.07, 6.45) is 1.55. The Kier molecular flexibility index (Phi) is 5.22. The summed E-state index contributed by atoms with van der Waals surface area (Å²) in [7, 11) is 0. The van der Waals surface area contributed by atoms with Gasteiger partial charge in [-0.05, 0) is 45.8 Å². The average molecular weight is 470 g/mol. The minimum atomic E-state index is -0.832. The summed E-state index contributed by atoms with van der Waals surface area (Å²) in [6.45, 7) is 0. The Morgan fingerprint density at radius 1 is 1.00 bits per heavy atom. The molecule has 1 atom stereocenters. The Labute approximate surface area is 180 Å². The Hall–Kier alpha value is -2.96.